The molecule has 2 aromatic carbocycles. The maximum absolute atomic E-state index is 10.7. The van der Waals surface area contributed by atoms with E-state index >= 15 is 0 Å². The second-order valence-corrected chi connectivity index (χ2v) is 7.46. The van der Waals surface area contributed by atoms with E-state index in [1.807, 2.05) is 24.3 Å². The van der Waals surface area contributed by atoms with Crippen LogP contribution in [-0.4, -0.2) is 29.7 Å². The van der Waals surface area contributed by atoms with E-state index in [1.54, 1.807) is 48.6 Å². The first-order valence-electron chi connectivity index (χ1n) is 11.1. The summed E-state index contributed by atoms with van der Waals surface area (Å²) < 4.78 is 9.61. The zero-order valence-electron chi connectivity index (χ0n) is 21.5. The van der Waals surface area contributed by atoms with Crippen LogP contribution in [-0.2, 0) is 46.7 Å². The Morgan fingerprint density at radius 2 is 1.21 bits per heavy atom. The molecule has 39 heavy (non-hydrogen) atoms. The maximum Gasteiger partial charge on any atom is 0.373 e. The van der Waals surface area contributed by atoms with E-state index < -0.39 is 0 Å². The first-order valence-corrected chi connectivity index (χ1v) is 11.1. The number of carbonyl (C=O) groups is 3. The summed E-state index contributed by atoms with van der Waals surface area (Å²) in [6.45, 7) is 8.46. The van der Waals surface area contributed by atoms with Gasteiger partial charge in [0.15, 0.2) is 0 Å². The van der Waals surface area contributed by atoms with Gasteiger partial charge in [-0.1, -0.05) is 50.4 Å². The van der Waals surface area contributed by atoms with Crippen LogP contribution in [0.25, 0.3) is 0 Å². The van der Waals surface area contributed by atoms with Gasteiger partial charge in [-0.3, -0.25) is 14.4 Å². The molecule has 1 aliphatic rings. The Balaban J connectivity index is 0. The lowest BCUT2D eigenvalue weighted by Crippen LogP contribution is -2.05. The Kier molecular flexibility index (Phi) is 19.5. The number of esters is 2. The summed E-state index contributed by atoms with van der Waals surface area (Å²) >= 11 is 0. The van der Waals surface area contributed by atoms with Crippen LogP contribution < -0.4 is 11.1 Å². The molecule has 208 valence electrons. The van der Waals surface area contributed by atoms with Crippen molar-refractivity contribution in [2.45, 2.75) is 41.4 Å². The largest absolute Gasteiger partial charge is 0.461 e. The van der Waals surface area contributed by atoms with Gasteiger partial charge in [0.2, 0.25) is 5.91 Å². The monoisotopic (exact) mass is 537 g/mol. The Labute approximate surface area is 228 Å². The molecule has 3 rings (SSSR count). The summed E-state index contributed by atoms with van der Waals surface area (Å²) in [4.78, 5) is 48.0. The summed E-state index contributed by atoms with van der Waals surface area (Å²) in [7, 11) is 0. The summed E-state index contributed by atoms with van der Waals surface area (Å²) in [5.74, 6) is -0.685. The number of benzene rings is 2. The zero-order chi connectivity index (χ0) is 28.9. The number of carbonyl (C=O) groups excluding carboxylic acids is 5. The molecule has 10 nitrogen and oxygen atoms in total. The van der Waals surface area contributed by atoms with Crippen LogP contribution in [0.2, 0.25) is 0 Å². The highest BCUT2D eigenvalue weighted by Gasteiger charge is 1.98. The maximum atomic E-state index is 10.7. The van der Waals surface area contributed by atoms with Crippen molar-refractivity contribution in [2.75, 3.05) is 11.1 Å². The lowest BCUT2D eigenvalue weighted by Gasteiger charge is -2.04. The van der Waals surface area contributed by atoms with Crippen molar-refractivity contribution in [1.29, 1.82) is 5.41 Å². The number of rotatable bonds is 5. The smallest absolute Gasteiger partial charge is 0.373 e. The lowest BCUT2D eigenvalue weighted by molar-refractivity contribution is -0.191. The van der Waals surface area contributed by atoms with Gasteiger partial charge in [0.25, 0.3) is 0 Å². The molecule has 0 spiro atoms. The molecule has 0 fully saturated rings. The van der Waals surface area contributed by atoms with E-state index in [1.165, 1.54) is 20.8 Å². The van der Waals surface area contributed by atoms with E-state index in [4.69, 9.17) is 30.2 Å². The van der Waals surface area contributed by atoms with E-state index in [0.717, 1.165) is 22.4 Å². The molecule has 0 atom stereocenters. The third kappa shape index (κ3) is 20.8. The third-order valence-corrected chi connectivity index (χ3v) is 4.09. The number of nitrogens with one attached hydrogen (secondary N) is 2. The predicted molar refractivity (Wildman–Crippen MR) is 149 cm³/mol. The van der Waals surface area contributed by atoms with Crippen molar-refractivity contribution in [3.05, 3.63) is 96.1 Å². The number of nitrogens with two attached hydrogens (primary N) is 1. The standard InChI is InChI=1S/C11H13NO3.C9H11NO2.C7H7N.CO2.CH4/c1-8(13)12-11-5-3-10(4-6-11)7-15-9(2)14;1-7(11)12-6-8-2-4-9(10)5-3-8;1-6-2-4-7(8)5-3-6;2-1-3;/h3-6H,7H2,1-2H3,(H,12,13);2-5H,6,10H2,1H3;2-5,8H,1H2;;1H4. The first-order chi connectivity index (χ1) is 18.0. The zero-order valence-corrected chi connectivity index (χ0v) is 21.5. The molecular weight excluding hydrogens is 502 g/mol. The Morgan fingerprint density at radius 3 is 1.54 bits per heavy atom. The van der Waals surface area contributed by atoms with Gasteiger partial charge < -0.3 is 25.9 Å². The van der Waals surface area contributed by atoms with Crippen molar-refractivity contribution in [3.63, 3.8) is 0 Å². The van der Waals surface area contributed by atoms with Gasteiger partial charge in [-0.05, 0) is 53.1 Å². The molecule has 0 aliphatic heterocycles. The van der Waals surface area contributed by atoms with Crippen molar-refractivity contribution >= 4 is 41.1 Å². The average molecular weight is 538 g/mol. The second kappa shape index (κ2) is 21.0. The highest BCUT2D eigenvalue weighted by molar-refractivity contribution is 6.03. The highest BCUT2D eigenvalue weighted by atomic mass is 16.5. The van der Waals surface area contributed by atoms with Crippen LogP contribution in [0.15, 0.2) is 85.0 Å². The summed E-state index contributed by atoms with van der Waals surface area (Å²) in [6, 6.07) is 14.3. The Bertz CT molecular complexity index is 1140. The summed E-state index contributed by atoms with van der Waals surface area (Å²) in [6.07, 6.45) is 7.34. The SMILES string of the molecule is C.C=C1C=CC(=N)C=C1.CC(=O)Nc1ccc(COC(C)=O)cc1.CC(=O)OCc1ccc(N)cc1.O=C=O. The van der Waals surface area contributed by atoms with Crippen molar-refractivity contribution < 1.29 is 33.4 Å². The first kappa shape index (κ1) is 36.1. The molecule has 1 amide bonds. The molecule has 10 heteroatoms. The minimum Gasteiger partial charge on any atom is -0.461 e. The van der Waals surface area contributed by atoms with Gasteiger partial charge in [0.1, 0.15) is 13.2 Å². The van der Waals surface area contributed by atoms with Crippen molar-refractivity contribution in [3.8, 4) is 0 Å². The van der Waals surface area contributed by atoms with Crippen molar-refractivity contribution in [1.82, 2.24) is 0 Å². The van der Waals surface area contributed by atoms with Crippen LogP contribution in [0.1, 0.15) is 39.3 Å². The number of anilines is 2. The van der Waals surface area contributed by atoms with Crippen molar-refractivity contribution in [2.24, 2.45) is 0 Å². The van der Waals surface area contributed by atoms with E-state index in [2.05, 4.69) is 11.9 Å². The molecule has 0 saturated heterocycles. The Hall–Kier alpha value is -5.08. The minimum atomic E-state index is -0.305. The van der Waals surface area contributed by atoms with Crippen LogP contribution in [0, 0.1) is 5.41 Å². The number of nitrogen functional groups attached to an aromatic ring is 1. The predicted octanol–water partition coefficient (Wildman–Crippen LogP) is 4.78. The molecule has 0 aromatic heterocycles. The summed E-state index contributed by atoms with van der Waals surface area (Å²) in [5.41, 5.74) is 10.2. The fourth-order valence-electron chi connectivity index (χ4n) is 2.38. The molecule has 0 heterocycles. The molecule has 4 N–H and O–H groups in total. The number of ether oxygens (including phenoxy) is 2. The van der Waals surface area contributed by atoms with Gasteiger partial charge in [0.05, 0.1) is 5.71 Å². The summed E-state index contributed by atoms with van der Waals surface area (Å²) in [5, 5.41) is 9.71. The molecule has 0 saturated carbocycles. The minimum absolute atomic E-state index is 0. The fraction of sp³-hybridized carbons (Fsp3) is 0.207. The average Bonchev–Trinajstić information content (AvgIpc) is 2.86. The van der Waals surface area contributed by atoms with Crippen LogP contribution in [0.3, 0.4) is 0 Å². The second-order valence-electron chi connectivity index (χ2n) is 7.46. The number of hydrogen-bond donors (Lipinski definition) is 3. The number of amides is 1. The number of allylic oxidation sites excluding steroid dienone is 5. The molecular formula is C29H35N3O7. The molecule has 2 aromatic rings. The Morgan fingerprint density at radius 1 is 0.821 bits per heavy atom. The third-order valence-electron chi connectivity index (χ3n) is 4.09. The van der Waals surface area contributed by atoms with Gasteiger partial charge in [-0.15, -0.1) is 0 Å². The van der Waals surface area contributed by atoms with Gasteiger partial charge in [-0.2, -0.15) is 9.59 Å². The van der Waals surface area contributed by atoms with Crippen LogP contribution >= 0.6 is 0 Å². The van der Waals surface area contributed by atoms with E-state index in [9.17, 15) is 14.4 Å². The fourth-order valence-corrected chi connectivity index (χ4v) is 2.38. The molecule has 0 unspecified atom stereocenters. The van der Waals surface area contributed by atoms with Gasteiger partial charge in [0, 0.05) is 32.1 Å². The van der Waals surface area contributed by atoms with Crippen LogP contribution in [0.4, 0.5) is 11.4 Å². The topological polar surface area (TPSA) is 166 Å². The van der Waals surface area contributed by atoms with Crippen LogP contribution in [0.5, 0.6) is 0 Å². The highest BCUT2D eigenvalue weighted by Crippen LogP contribution is 2.10. The lowest BCUT2D eigenvalue weighted by atomic mass is 10.1. The molecule has 1 aliphatic carbocycles. The quantitative estimate of drug-likeness (QED) is 0.362. The molecule has 0 bridgehead atoms. The van der Waals surface area contributed by atoms with Gasteiger partial charge >= 0.3 is 18.1 Å². The number of hydrogen-bond acceptors (Lipinski definition) is 9. The molecule has 0 radical (unpaired) electrons. The van der Waals surface area contributed by atoms with Gasteiger partial charge in [-0.25, -0.2) is 0 Å². The van der Waals surface area contributed by atoms with E-state index in [-0.39, 0.29) is 38.0 Å². The normalized spacial score (nSPS) is 10.3. The van der Waals surface area contributed by atoms with E-state index in [0.29, 0.717) is 18.0 Å².